The van der Waals surface area contributed by atoms with Gasteiger partial charge >= 0.3 is 0 Å². The maximum atomic E-state index is 5.99. The molecule has 0 aliphatic heterocycles. The molecule has 0 saturated carbocycles. The highest BCUT2D eigenvalue weighted by Gasteiger charge is 2.03. The lowest BCUT2D eigenvalue weighted by molar-refractivity contribution is 0.321. The Balaban J connectivity index is 1.82. The van der Waals surface area contributed by atoms with Crippen LogP contribution in [0.2, 0.25) is 0 Å². The number of hydrogen-bond donors (Lipinski definition) is 1. The third-order valence-electron chi connectivity index (χ3n) is 3.57. The van der Waals surface area contributed by atoms with Crippen LogP contribution in [0.15, 0.2) is 48.5 Å². The molecule has 3 nitrogen and oxygen atoms in total. The molecule has 0 saturated heterocycles. The second-order valence-electron chi connectivity index (χ2n) is 5.03. The van der Waals surface area contributed by atoms with Gasteiger partial charge < -0.3 is 15.2 Å². The molecule has 0 aromatic heterocycles. The zero-order valence-electron chi connectivity index (χ0n) is 12.7. The van der Waals surface area contributed by atoms with Crippen molar-refractivity contribution >= 4 is 0 Å². The number of nitrogens with two attached hydrogens (primary N) is 1. The summed E-state index contributed by atoms with van der Waals surface area (Å²) in [5, 5.41) is 0. The summed E-state index contributed by atoms with van der Waals surface area (Å²) < 4.78 is 10.9. The Morgan fingerprint density at radius 2 is 1.57 bits per heavy atom. The summed E-state index contributed by atoms with van der Waals surface area (Å²) in [6.07, 6.45) is 1.82. The summed E-state index contributed by atoms with van der Waals surface area (Å²) in [4.78, 5) is 0. The first-order valence-electron chi connectivity index (χ1n) is 7.34. The Bertz CT molecular complexity index is 534. The van der Waals surface area contributed by atoms with Gasteiger partial charge in [-0.2, -0.15) is 0 Å². The Morgan fingerprint density at radius 1 is 0.952 bits per heavy atom. The van der Waals surface area contributed by atoms with Crippen molar-refractivity contribution in [3.05, 3.63) is 59.7 Å². The third kappa shape index (κ3) is 4.50. The van der Waals surface area contributed by atoms with Crippen LogP contribution in [0.1, 0.15) is 30.5 Å². The van der Waals surface area contributed by atoms with E-state index in [0.717, 1.165) is 29.9 Å². The Hall–Kier alpha value is -2.00. The van der Waals surface area contributed by atoms with Crippen molar-refractivity contribution in [2.45, 2.75) is 25.8 Å². The molecule has 2 aromatic carbocycles. The minimum atomic E-state index is 0.110. The van der Waals surface area contributed by atoms with Crippen molar-refractivity contribution in [2.24, 2.45) is 5.73 Å². The van der Waals surface area contributed by atoms with Crippen LogP contribution in [-0.4, -0.2) is 13.7 Å². The molecule has 3 heteroatoms. The van der Waals surface area contributed by atoms with E-state index < -0.39 is 0 Å². The first-order valence-corrected chi connectivity index (χ1v) is 7.34. The van der Waals surface area contributed by atoms with Crippen LogP contribution < -0.4 is 15.2 Å². The van der Waals surface area contributed by atoms with Gasteiger partial charge in [-0.25, -0.2) is 0 Å². The third-order valence-corrected chi connectivity index (χ3v) is 3.57. The summed E-state index contributed by atoms with van der Waals surface area (Å²) >= 11 is 0. The maximum absolute atomic E-state index is 5.99. The Morgan fingerprint density at radius 3 is 2.14 bits per heavy atom. The van der Waals surface area contributed by atoms with Crippen molar-refractivity contribution in [3.63, 3.8) is 0 Å². The normalized spacial score (nSPS) is 12.0. The minimum Gasteiger partial charge on any atom is -0.497 e. The van der Waals surface area contributed by atoms with Gasteiger partial charge in [0.25, 0.3) is 0 Å². The van der Waals surface area contributed by atoms with E-state index in [4.69, 9.17) is 15.2 Å². The highest BCUT2D eigenvalue weighted by molar-refractivity contribution is 5.29. The van der Waals surface area contributed by atoms with Gasteiger partial charge in [0.1, 0.15) is 11.5 Å². The van der Waals surface area contributed by atoms with E-state index in [1.807, 2.05) is 36.4 Å². The van der Waals surface area contributed by atoms with Crippen LogP contribution in [-0.2, 0) is 6.42 Å². The smallest absolute Gasteiger partial charge is 0.119 e. The highest BCUT2D eigenvalue weighted by Crippen LogP contribution is 2.18. The van der Waals surface area contributed by atoms with Gasteiger partial charge in [0.05, 0.1) is 13.7 Å². The number of hydrogen-bond acceptors (Lipinski definition) is 3. The van der Waals surface area contributed by atoms with Crippen LogP contribution >= 0.6 is 0 Å². The molecule has 21 heavy (non-hydrogen) atoms. The van der Waals surface area contributed by atoms with Crippen LogP contribution in [0.5, 0.6) is 11.5 Å². The number of ether oxygens (including phenoxy) is 2. The van der Waals surface area contributed by atoms with Crippen molar-refractivity contribution in [2.75, 3.05) is 13.7 Å². The van der Waals surface area contributed by atoms with Gasteiger partial charge in [0.2, 0.25) is 0 Å². The topological polar surface area (TPSA) is 44.5 Å². The summed E-state index contributed by atoms with van der Waals surface area (Å²) in [5.74, 6) is 1.76. The molecule has 0 heterocycles. The lowest BCUT2D eigenvalue weighted by Gasteiger charge is -2.11. The van der Waals surface area contributed by atoms with Crippen molar-refractivity contribution in [3.8, 4) is 11.5 Å². The van der Waals surface area contributed by atoms with Crippen LogP contribution in [0.25, 0.3) is 0 Å². The second kappa shape index (κ2) is 7.70. The summed E-state index contributed by atoms with van der Waals surface area (Å²) in [6.45, 7) is 2.75. The lowest BCUT2D eigenvalue weighted by atomic mass is 10.1. The molecule has 0 amide bonds. The molecular weight excluding hydrogens is 262 g/mol. The fraction of sp³-hybridized carbons (Fsp3) is 0.333. The molecule has 0 radical (unpaired) electrons. The average Bonchev–Trinajstić information content (AvgIpc) is 2.55. The van der Waals surface area contributed by atoms with E-state index in [1.165, 1.54) is 5.56 Å². The van der Waals surface area contributed by atoms with Crippen molar-refractivity contribution < 1.29 is 9.47 Å². The molecule has 0 aliphatic rings. The monoisotopic (exact) mass is 285 g/mol. The fourth-order valence-electron chi connectivity index (χ4n) is 2.13. The van der Waals surface area contributed by atoms with Gasteiger partial charge in [0.15, 0.2) is 0 Å². The SMILES string of the molecule is CC[C@@H](N)c1ccc(OCCc2ccc(OC)cc2)cc1. The number of methoxy groups -OCH3 is 1. The molecule has 112 valence electrons. The lowest BCUT2D eigenvalue weighted by Crippen LogP contribution is -2.08. The van der Waals surface area contributed by atoms with Crippen LogP contribution in [0, 0.1) is 0 Å². The number of benzene rings is 2. The minimum absolute atomic E-state index is 0.110. The van der Waals surface area contributed by atoms with Gasteiger partial charge in [0, 0.05) is 12.5 Å². The molecule has 2 N–H and O–H groups in total. The van der Waals surface area contributed by atoms with Gasteiger partial charge in [-0.15, -0.1) is 0 Å². The van der Waals surface area contributed by atoms with Crippen molar-refractivity contribution in [1.29, 1.82) is 0 Å². The van der Waals surface area contributed by atoms with E-state index in [1.54, 1.807) is 7.11 Å². The molecule has 2 rings (SSSR count). The molecular formula is C18H23NO2. The van der Waals surface area contributed by atoms with Gasteiger partial charge in [-0.3, -0.25) is 0 Å². The van der Waals surface area contributed by atoms with Crippen LogP contribution in [0.4, 0.5) is 0 Å². The standard InChI is InChI=1S/C18H23NO2/c1-3-18(19)15-6-10-17(11-7-15)21-13-12-14-4-8-16(20-2)9-5-14/h4-11,18H,3,12-13,19H2,1-2H3/t18-/m1/s1. The maximum Gasteiger partial charge on any atom is 0.119 e. The van der Waals surface area contributed by atoms with E-state index in [0.29, 0.717) is 6.61 Å². The van der Waals surface area contributed by atoms with E-state index >= 15 is 0 Å². The molecule has 2 aromatic rings. The zero-order chi connectivity index (χ0) is 15.1. The highest BCUT2D eigenvalue weighted by atomic mass is 16.5. The van der Waals surface area contributed by atoms with Gasteiger partial charge in [-0.05, 0) is 41.8 Å². The van der Waals surface area contributed by atoms with Gasteiger partial charge in [-0.1, -0.05) is 31.2 Å². The first-order chi connectivity index (χ1) is 10.2. The Labute approximate surface area is 126 Å². The van der Waals surface area contributed by atoms with E-state index in [-0.39, 0.29) is 6.04 Å². The second-order valence-corrected chi connectivity index (χ2v) is 5.03. The summed E-state index contributed by atoms with van der Waals surface area (Å²) in [6, 6.07) is 16.2. The zero-order valence-corrected chi connectivity index (χ0v) is 12.7. The first kappa shape index (κ1) is 15.4. The largest absolute Gasteiger partial charge is 0.497 e. The van der Waals surface area contributed by atoms with E-state index in [2.05, 4.69) is 19.1 Å². The fourth-order valence-corrected chi connectivity index (χ4v) is 2.13. The predicted molar refractivity (Wildman–Crippen MR) is 85.9 cm³/mol. The predicted octanol–water partition coefficient (Wildman–Crippen LogP) is 3.73. The summed E-state index contributed by atoms with van der Waals surface area (Å²) in [5.41, 5.74) is 8.38. The molecule has 0 aliphatic carbocycles. The molecule has 0 spiro atoms. The molecule has 0 bridgehead atoms. The van der Waals surface area contributed by atoms with E-state index in [9.17, 15) is 0 Å². The summed E-state index contributed by atoms with van der Waals surface area (Å²) in [7, 11) is 1.67. The van der Waals surface area contributed by atoms with Crippen molar-refractivity contribution in [1.82, 2.24) is 0 Å². The molecule has 0 unspecified atom stereocenters. The molecule has 1 atom stereocenters. The Kier molecular flexibility index (Phi) is 5.64. The quantitative estimate of drug-likeness (QED) is 0.843. The number of rotatable bonds is 7. The average molecular weight is 285 g/mol. The van der Waals surface area contributed by atoms with Crippen LogP contribution in [0.3, 0.4) is 0 Å². The molecule has 0 fully saturated rings.